The van der Waals surface area contributed by atoms with E-state index in [4.69, 9.17) is 9.26 Å². The molecule has 2 amide bonds. The Bertz CT molecular complexity index is 1050. The molecule has 1 unspecified atom stereocenters. The Hall–Kier alpha value is -3.72. The standard InChI is InChI=1S/C21H20N4O5/c26-17(14-4-2-1-3-5-14)11-22-20(28)21-24-18(25-30-21)12-29-15-8-6-13-7-9-19(27)23-16(13)10-15/h1-6,8,10,17,26H,7,9,11-12H2,(H,22,28)(H,23,27). The normalized spacial score (nSPS) is 13.8. The topological polar surface area (TPSA) is 127 Å². The number of aliphatic hydroxyl groups is 1. The fourth-order valence-electron chi connectivity index (χ4n) is 3.05. The molecule has 4 rings (SSSR count). The van der Waals surface area contributed by atoms with E-state index in [1.54, 1.807) is 36.4 Å². The fraction of sp³-hybridized carbons (Fsp3) is 0.238. The third kappa shape index (κ3) is 4.64. The molecule has 1 aliphatic rings. The SMILES string of the molecule is O=C1CCc2ccc(OCc3noc(C(=O)NCC(O)c4ccccc4)n3)cc2N1. The van der Waals surface area contributed by atoms with Gasteiger partial charge in [0.05, 0.1) is 6.10 Å². The second-order valence-electron chi connectivity index (χ2n) is 6.81. The maximum Gasteiger partial charge on any atom is 0.316 e. The summed E-state index contributed by atoms with van der Waals surface area (Å²) in [5.74, 6) is -0.0825. The highest BCUT2D eigenvalue weighted by Crippen LogP contribution is 2.27. The quantitative estimate of drug-likeness (QED) is 0.546. The smallest absolute Gasteiger partial charge is 0.316 e. The lowest BCUT2D eigenvalue weighted by Gasteiger charge is -2.17. The van der Waals surface area contributed by atoms with Crippen molar-refractivity contribution in [1.82, 2.24) is 15.5 Å². The number of hydrogen-bond donors (Lipinski definition) is 3. The maximum atomic E-state index is 12.2. The Labute approximate surface area is 172 Å². The van der Waals surface area contributed by atoms with Gasteiger partial charge in [0.2, 0.25) is 11.7 Å². The molecule has 9 nitrogen and oxygen atoms in total. The average Bonchev–Trinajstić information content (AvgIpc) is 3.25. The molecule has 1 atom stereocenters. The summed E-state index contributed by atoms with van der Waals surface area (Å²) in [4.78, 5) is 27.7. The van der Waals surface area contributed by atoms with E-state index in [1.807, 2.05) is 12.1 Å². The molecule has 0 spiro atoms. The van der Waals surface area contributed by atoms with Crippen molar-refractivity contribution in [2.45, 2.75) is 25.6 Å². The number of anilines is 1. The van der Waals surface area contributed by atoms with Gasteiger partial charge in [0, 0.05) is 24.7 Å². The van der Waals surface area contributed by atoms with E-state index in [0.29, 0.717) is 24.2 Å². The van der Waals surface area contributed by atoms with Crippen LogP contribution in [0.4, 0.5) is 5.69 Å². The number of nitrogens with zero attached hydrogens (tertiary/aromatic N) is 2. The lowest BCUT2D eigenvalue weighted by atomic mass is 10.0. The maximum absolute atomic E-state index is 12.2. The third-order valence-electron chi connectivity index (χ3n) is 4.65. The molecule has 3 aromatic rings. The Morgan fingerprint density at radius 1 is 1.23 bits per heavy atom. The van der Waals surface area contributed by atoms with Crippen molar-refractivity contribution < 1.29 is 24.0 Å². The number of benzene rings is 2. The predicted octanol–water partition coefficient (Wildman–Crippen LogP) is 2.00. The van der Waals surface area contributed by atoms with E-state index in [1.165, 1.54) is 0 Å². The van der Waals surface area contributed by atoms with Crippen molar-refractivity contribution >= 4 is 17.5 Å². The molecule has 0 saturated heterocycles. The zero-order chi connectivity index (χ0) is 20.9. The van der Waals surface area contributed by atoms with Gasteiger partial charge in [0.25, 0.3) is 0 Å². The Morgan fingerprint density at radius 2 is 2.07 bits per heavy atom. The molecule has 0 fully saturated rings. The molecule has 1 aliphatic heterocycles. The molecular weight excluding hydrogens is 388 g/mol. The zero-order valence-electron chi connectivity index (χ0n) is 16.0. The molecule has 0 aliphatic carbocycles. The van der Waals surface area contributed by atoms with Gasteiger partial charge in [-0.2, -0.15) is 4.98 Å². The summed E-state index contributed by atoms with van der Waals surface area (Å²) in [5.41, 5.74) is 2.48. The van der Waals surface area contributed by atoms with Gasteiger partial charge in [-0.05, 0) is 23.6 Å². The number of aryl methyl sites for hydroxylation is 1. The molecule has 0 saturated carbocycles. The zero-order valence-corrected chi connectivity index (χ0v) is 16.0. The number of rotatable bonds is 7. The van der Waals surface area contributed by atoms with Crippen molar-refractivity contribution in [3.63, 3.8) is 0 Å². The molecule has 30 heavy (non-hydrogen) atoms. The summed E-state index contributed by atoms with van der Waals surface area (Å²) in [5, 5.41) is 19.2. The van der Waals surface area contributed by atoms with E-state index in [9.17, 15) is 14.7 Å². The van der Waals surface area contributed by atoms with E-state index < -0.39 is 12.0 Å². The second-order valence-corrected chi connectivity index (χ2v) is 6.81. The summed E-state index contributed by atoms with van der Waals surface area (Å²) >= 11 is 0. The third-order valence-corrected chi connectivity index (χ3v) is 4.65. The van der Waals surface area contributed by atoms with E-state index in [-0.39, 0.29) is 30.8 Å². The molecule has 0 bridgehead atoms. The van der Waals surface area contributed by atoms with Crippen LogP contribution in [-0.2, 0) is 17.8 Å². The van der Waals surface area contributed by atoms with Crippen LogP contribution >= 0.6 is 0 Å². The Kier molecular flexibility index (Phi) is 5.71. The van der Waals surface area contributed by atoms with Crippen LogP contribution in [-0.4, -0.2) is 33.6 Å². The number of carbonyl (C=O) groups excluding carboxylic acids is 2. The number of amides is 2. The minimum Gasteiger partial charge on any atom is -0.485 e. The van der Waals surface area contributed by atoms with Crippen LogP contribution in [0.15, 0.2) is 53.1 Å². The Balaban J connectivity index is 1.30. The molecule has 2 heterocycles. The van der Waals surface area contributed by atoms with Crippen LogP contribution in [0.1, 0.15) is 40.2 Å². The lowest BCUT2D eigenvalue weighted by Crippen LogP contribution is -2.28. The van der Waals surface area contributed by atoms with Crippen molar-refractivity contribution in [2.24, 2.45) is 0 Å². The predicted molar refractivity (Wildman–Crippen MR) is 106 cm³/mol. The van der Waals surface area contributed by atoms with E-state index in [2.05, 4.69) is 20.8 Å². The molecular formula is C21H20N4O5. The number of fused-ring (bicyclic) bond motifs is 1. The number of aromatic nitrogens is 2. The van der Waals surface area contributed by atoms with Crippen LogP contribution in [0.5, 0.6) is 5.75 Å². The monoisotopic (exact) mass is 408 g/mol. The molecule has 9 heteroatoms. The molecule has 1 aromatic heterocycles. The number of hydrogen-bond acceptors (Lipinski definition) is 7. The summed E-state index contributed by atoms with van der Waals surface area (Å²) in [6.45, 7) is 0.00800. The lowest BCUT2D eigenvalue weighted by molar-refractivity contribution is -0.116. The van der Waals surface area contributed by atoms with Gasteiger partial charge in [-0.15, -0.1) is 0 Å². The molecule has 2 aromatic carbocycles. The summed E-state index contributed by atoms with van der Waals surface area (Å²) < 4.78 is 10.6. The first-order valence-electron chi connectivity index (χ1n) is 9.48. The highest BCUT2D eigenvalue weighted by Gasteiger charge is 2.18. The first-order valence-corrected chi connectivity index (χ1v) is 9.48. The number of aliphatic hydroxyl groups excluding tert-OH is 1. The van der Waals surface area contributed by atoms with Gasteiger partial charge in [-0.1, -0.05) is 41.6 Å². The van der Waals surface area contributed by atoms with Gasteiger partial charge in [0.1, 0.15) is 5.75 Å². The first kappa shape index (κ1) is 19.6. The van der Waals surface area contributed by atoms with Crippen LogP contribution in [0.25, 0.3) is 0 Å². The van der Waals surface area contributed by atoms with Crippen LogP contribution in [0.2, 0.25) is 0 Å². The summed E-state index contributed by atoms with van der Waals surface area (Å²) in [7, 11) is 0. The highest BCUT2D eigenvalue weighted by atomic mass is 16.5. The van der Waals surface area contributed by atoms with Crippen LogP contribution in [0.3, 0.4) is 0 Å². The minimum atomic E-state index is -0.842. The number of ether oxygens (including phenoxy) is 1. The van der Waals surface area contributed by atoms with Crippen LogP contribution < -0.4 is 15.4 Å². The van der Waals surface area contributed by atoms with Gasteiger partial charge in [-0.3, -0.25) is 9.59 Å². The van der Waals surface area contributed by atoms with Crippen molar-refractivity contribution in [2.75, 3.05) is 11.9 Å². The van der Waals surface area contributed by atoms with Gasteiger partial charge < -0.3 is 25.0 Å². The average molecular weight is 408 g/mol. The first-order chi connectivity index (χ1) is 14.6. The van der Waals surface area contributed by atoms with Crippen molar-refractivity contribution in [3.8, 4) is 5.75 Å². The molecule has 0 radical (unpaired) electrons. The van der Waals surface area contributed by atoms with E-state index >= 15 is 0 Å². The van der Waals surface area contributed by atoms with Gasteiger partial charge in [-0.25, -0.2) is 0 Å². The number of nitrogens with one attached hydrogen (secondary N) is 2. The second kappa shape index (κ2) is 8.75. The summed E-state index contributed by atoms with van der Waals surface area (Å²) in [6.07, 6.45) is 0.331. The van der Waals surface area contributed by atoms with Crippen molar-refractivity contribution in [3.05, 3.63) is 71.4 Å². The molecule has 154 valence electrons. The Morgan fingerprint density at radius 3 is 2.90 bits per heavy atom. The van der Waals surface area contributed by atoms with Gasteiger partial charge in [0.15, 0.2) is 6.61 Å². The fourth-order valence-corrected chi connectivity index (χ4v) is 3.05. The largest absolute Gasteiger partial charge is 0.485 e. The van der Waals surface area contributed by atoms with Gasteiger partial charge >= 0.3 is 11.8 Å². The highest BCUT2D eigenvalue weighted by molar-refractivity contribution is 5.94. The minimum absolute atomic E-state index is 0.00382. The summed E-state index contributed by atoms with van der Waals surface area (Å²) in [6, 6.07) is 14.4. The van der Waals surface area contributed by atoms with Crippen LogP contribution in [0, 0.1) is 0 Å². The van der Waals surface area contributed by atoms with Crippen molar-refractivity contribution in [1.29, 1.82) is 0 Å². The number of carbonyl (C=O) groups is 2. The van der Waals surface area contributed by atoms with E-state index in [0.717, 1.165) is 11.3 Å². The molecule has 3 N–H and O–H groups in total.